The van der Waals surface area contributed by atoms with E-state index in [1.807, 2.05) is 11.9 Å². The second kappa shape index (κ2) is 6.83. The first-order valence-electron chi connectivity index (χ1n) is 7.44. The number of aromatic nitrogens is 3. The molecule has 1 aromatic rings. The lowest BCUT2D eigenvalue weighted by Gasteiger charge is -2.14. The lowest BCUT2D eigenvalue weighted by atomic mass is 10.1. The molecule has 1 saturated heterocycles. The SMILES string of the molecule is CNCC1CCN(C(=O)c2cn(CCC(C)C)nn2)C1. The zero-order valence-electron chi connectivity index (χ0n) is 12.7. The summed E-state index contributed by atoms with van der Waals surface area (Å²) >= 11 is 0. The molecule has 112 valence electrons. The van der Waals surface area contributed by atoms with Gasteiger partial charge in [-0.05, 0) is 38.3 Å². The smallest absolute Gasteiger partial charge is 0.276 e. The van der Waals surface area contributed by atoms with Gasteiger partial charge in [-0.2, -0.15) is 0 Å². The number of hydrogen-bond acceptors (Lipinski definition) is 4. The van der Waals surface area contributed by atoms with Crippen LogP contribution in [-0.4, -0.2) is 52.5 Å². The van der Waals surface area contributed by atoms with Crippen LogP contribution in [-0.2, 0) is 6.54 Å². The fraction of sp³-hybridized carbons (Fsp3) is 0.786. The van der Waals surface area contributed by atoms with Crippen molar-refractivity contribution in [1.82, 2.24) is 25.2 Å². The van der Waals surface area contributed by atoms with Gasteiger partial charge in [0, 0.05) is 19.6 Å². The Bertz CT molecular complexity index is 443. The number of hydrogen-bond donors (Lipinski definition) is 1. The third-order valence-electron chi connectivity index (χ3n) is 3.76. The van der Waals surface area contributed by atoms with Gasteiger partial charge in [-0.15, -0.1) is 5.10 Å². The first kappa shape index (κ1) is 15.0. The second-order valence-electron chi connectivity index (χ2n) is 6.01. The molecule has 1 atom stereocenters. The molecule has 0 aromatic carbocycles. The zero-order valence-corrected chi connectivity index (χ0v) is 12.7. The molecular formula is C14H25N5O. The molecule has 2 rings (SSSR count). The van der Waals surface area contributed by atoms with Crippen LogP contribution in [0.25, 0.3) is 0 Å². The van der Waals surface area contributed by atoms with Crippen LogP contribution in [0.15, 0.2) is 6.20 Å². The van der Waals surface area contributed by atoms with Crippen molar-refractivity contribution in [2.75, 3.05) is 26.7 Å². The Hall–Kier alpha value is -1.43. The van der Waals surface area contributed by atoms with Gasteiger partial charge in [0.05, 0.1) is 6.20 Å². The highest BCUT2D eigenvalue weighted by atomic mass is 16.2. The summed E-state index contributed by atoms with van der Waals surface area (Å²) in [7, 11) is 1.95. The number of amides is 1. The van der Waals surface area contributed by atoms with E-state index in [1.54, 1.807) is 10.9 Å². The minimum Gasteiger partial charge on any atom is -0.337 e. The summed E-state index contributed by atoms with van der Waals surface area (Å²) in [6.07, 6.45) is 3.88. The quantitative estimate of drug-likeness (QED) is 0.844. The summed E-state index contributed by atoms with van der Waals surface area (Å²) in [5.74, 6) is 1.19. The lowest BCUT2D eigenvalue weighted by molar-refractivity contribution is 0.0781. The van der Waals surface area contributed by atoms with Gasteiger partial charge in [0.15, 0.2) is 5.69 Å². The molecule has 1 aliphatic rings. The predicted molar refractivity (Wildman–Crippen MR) is 77.4 cm³/mol. The molecule has 1 fully saturated rings. The van der Waals surface area contributed by atoms with Gasteiger partial charge >= 0.3 is 0 Å². The molecule has 1 aliphatic heterocycles. The normalized spacial score (nSPS) is 19.0. The van der Waals surface area contributed by atoms with Crippen LogP contribution in [0, 0.1) is 11.8 Å². The Kier molecular flexibility index (Phi) is 5.11. The Morgan fingerprint density at radius 1 is 1.55 bits per heavy atom. The number of likely N-dealkylation sites (tertiary alicyclic amines) is 1. The molecule has 0 aliphatic carbocycles. The zero-order chi connectivity index (χ0) is 14.5. The highest BCUT2D eigenvalue weighted by Gasteiger charge is 2.27. The number of carbonyl (C=O) groups is 1. The van der Waals surface area contributed by atoms with E-state index in [9.17, 15) is 4.79 Å². The Labute approximate surface area is 120 Å². The van der Waals surface area contributed by atoms with E-state index in [1.165, 1.54) is 0 Å². The summed E-state index contributed by atoms with van der Waals surface area (Å²) in [6.45, 7) is 7.78. The Morgan fingerprint density at radius 2 is 2.35 bits per heavy atom. The van der Waals surface area contributed by atoms with E-state index in [2.05, 4.69) is 29.5 Å². The fourth-order valence-electron chi connectivity index (χ4n) is 2.53. The summed E-state index contributed by atoms with van der Waals surface area (Å²) < 4.78 is 1.77. The minimum atomic E-state index is 0.0133. The molecule has 1 N–H and O–H groups in total. The van der Waals surface area contributed by atoms with Crippen LogP contribution in [0.2, 0.25) is 0 Å². The Balaban J connectivity index is 1.90. The van der Waals surface area contributed by atoms with Gasteiger partial charge in [0.1, 0.15) is 0 Å². The van der Waals surface area contributed by atoms with Crippen molar-refractivity contribution in [3.05, 3.63) is 11.9 Å². The van der Waals surface area contributed by atoms with Crippen molar-refractivity contribution in [3.8, 4) is 0 Å². The number of nitrogens with one attached hydrogen (secondary N) is 1. The predicted octanol–water partition coefficient (Wildman–Crippen LogP) is 1.01. The van der Waals surface area contributed by atoms with Gasteiger partial charge in [-0.3, -0.25) is 9.48 Å². The van der Waals surface area contributed by atoms with Crippen LogP contribution in [0.5, 0.6) is 0 Å². The van der Waals surface area contributed by atoms with Crippen molar-refractivity contribution in [2.24, 2.45) is 11.8 Å². The standard InChI is InChI=1S/C14H25N5O/c1-11(2)4-7-19-10-13(16-17-19)14(20)18-6-5-12(9-18)8-15-3/h10-12,15H,4-9H2,1-3H3. The lowest BCUT2D eigenvalue weighted by Crippen LogP contribution is -2.30. The number of carbonyl (C=O) groups excluding carboxylic acids is 1. The molecule has 6 nitrogen and oxygen atoms in total. The van der Waals surface area contributed by atoms with Crippen molar-refractivity contribution in [3.63, 3.8) is 0 Å². The molecular weight excluding hydrogens is 254 g/mol. The van der Waals surface area contributed by atoms with Gasteiger partial charge in [-0.25, -0.2) is 0 Å². The summed E-state index contributed by atoms with van der Waals surface area (Å²) in [4.78, 5) is 14.2. The monoisotopic (exact) mass is 279 g/mol. The highest BCUT2D eigenvalue weighted by molar-refractivity contribution is 5.92. The summed E-state index contributed by atoms with van der Waals surface area (Å²) in [6, 6.07) is 0. The molecule has 1 aromatic heterocycles. The van der Waals surface area contributed by atoms with Crippen molar-refractivity contribution in [1.29, 1.82) is 0 Å². The fourth-order valence-corrected chi connectivity index (χ4v) is 2.53. The number of nitrogens with zero attached hydrogens (tertiary/aromatic N) is 4. The topological polar surface area (TPSA) is 63.1 Å². The molecule has 0 spiro atoms. The molecule has 0 saturated carbocycles. The average molecular weight is 279 g/mol. The Morgan fingerprint density at radius 3 is 3.05 bits per heavy atom. The maximum absolute atomic E-state index is 12.3. The van der Waals surface area contributed by atoms with Gasteiger partial charge in [-0.1, -0.05) is 19.1 Å². The van der Waals surface area contributed by atoms with Gasteiger partial charge in [0.2, 0.25) is 0 Å². The minimum absolute atomic E-state index is 0.0133. The van der Waals surface area contributed by atoms with Crippen molar-refractivity contribution >= 4 is 5.91 Å². The van der Waals surface area contributed by atoms with Crippen LogP contribution in [0.1, 0.15) is 37.2 Å². The van der Waals surface area contributed by atoms with Gasteiger partial charge < -0.3 is 10.2 Å². The maximum atomic E-state index is 12.3. The van der Waals surface area contributed by atoms with Gasteiger partial charge in [0.25, 0.3) is 5.91 Å². The third kappa shape index (κ3) is 3.79. The van der Waals surface area contributed by atoms with E-state index < -0.39 is 0 Å². The van der Waals surface area contributed by atoms with E-state index >= 15 is 0 Å². The molecule has 0 radical (unpaired) electrons. The van der Waals surface area contributed by atoms with E-state index in [0.717, 1.165) is 39.0 Å². The first-order chi connectivity index (χ1) is 9.60. The van der Waals surface area contributed by atoms with Crippen molar-refractivity contribution < 1.29 is 4.79 Å². The second-order valence-corrected chi connectivity index (χ2v) is 6.01. The average Bonchev–Trinajstić information content (AvgIpc) is 3.05. The van der Waals surface area contributed by atoms with Crippen molar-refractivity contribution in [2.45, 2.75) is 33.2 Å². The third-order valence-corrected chi connectivity index (χ3v) is 3.76. The largest absolute Gasteiger partial charge is 0.337 e. The molecule has 1 unspecified atom stereocenters. The van der Waals surface area contributed by atoms with E-state index in [-0.39, 0.29) is 5.91 Å². The van der Waals surface area contributed by atoms with E-state index in [0.29, 0.717) is 17.5 Å². The van der Waals surface area contributed by atoms with Crippen LogP contribution in [0.3, 0.4) is 0 Å². The number of aryl methyl sites for hydroxylation is 1. The molecule has 6 heteroatoms. The molecule has 2 heterocycles. The summed E-state index contributed by atoms with van der Waals surface area (Å²) in [5.41, 5.74) is 0.471. The number of rotatable bonds is 6. The van der Waals surface area contributed by atoms with Crippen LogP contribution >= 0.6 is 0 Å². The first-order valence-corrected chi connectivity index (χ1v) is 7.44. The molecule has 1 amide bonds. The summed E-state index contributed by atoms with van der Waals surface area (Å²) in [5, 5.41) is 11.2. The van der Waals surface area contributed by atoms with Crippen LogP contribution in [0.4, 0.5) is 0 Å². The highest BCUT2D eigenvalue weighted by Crippen LogP contribution is 2.17. The molecule has 20 heavy (non-hydrogen) atoms. The maximum Gasteiger partial charge on any atom is 0.276 e. The van der Waals surface area contributed by atoms with Crippen LogP contribution < -0.4 is 5.32 Å². The molecule has 0 bridgehead atoms. The van der Waals surface area contributed by atoms with E-state index in [4.69, 9.17) is 0 Å².